The van der Waals surface area contributed by atoms with Crippen LogP contribution in [0, 0.1) is 0 Å². The third-order valence-corrected chi connectivity index (χ3v) is 6.37. The first-order chi connectivity index (χ1) is 10.9. The minimum atomic E-state index is -0.444. The second kappa shape index (κ2) is 8.43. The summed E-state index contributed by atoms with van der Waals surface area (Å²) in [6.45, 7) is 1.63. The summed E-state index contributed by atoms with van der Waals surface area (Å²) in [6.07, 6.45) is 4.36. The smallest absolute Gasteiger partial charge is 0.162 e. The van der Waals surface area contributed by atoms with Gasteiger partial charge in [0.05, 0.1) is 0 Å². The molecule has 0 unspecified atom stereocenters. The number of hydrogen-bond donors (Lipinski definition) is 0. The number of rotatable bonds is 4. The van der Waals surface area contributed by atoms with E-state index in [-0.39, 0.29) is 6.29 Å². The van der Waals surface area contributed by atoms with E-state index >= 15 is 0 Å². The second-order valence-corrected chi connectivity index (χ2v) is 7.77. The maximum absolute atomic E-state index is 5.95. The molecule has 2 nitrogen and oxygen atoms in total. The largest absolute Gasteiger partial charge is 0.352 e. The Morgan fingerprint density at radius 3 is 1.73 bits per heavy atom. The van der Waals surface area contributed by atoms with E-state index in [0.717, 1.165) is 32.2 Å². The molecule has 116 valence electrons. The Labute approximate surface area is 134 Å². The Hall–Kier alpha value is -1.21. The van der Waals surface area contributed by atoms with Crippen molar-refractivity contribution in [2.24, 2.45) is 0 Å². The Morgan fingerprint density at radius 1 is 0.727 bits per heavy atom. The van der Waals surface area contributed by atoms with E-state index in [1.165, 1.54) is 17.0 Å². The van der Waals surface area contributed by atoms with Gasteiger partial charge in [-0.2, -0.15) is 0 Å². The summed E-state index contributed by atoms with van der Waals surface area (Å²) < 4.78 is 11.9. The molecule has 0 N–H and O–H groups in total. The Morgan fingerprint density at radius 2 is 1.23 bits per heavy atom. The summed E-state index contributed by atoms with van der Waals surface area (Å²) >= 11 is 0. The summed E-state index contributed by atoms with van der Waals surface area (Å²) in [5.41, 5.74) is 0. The molecule has 1 aliphatic rings. The fourth-order valence-corrected chi connectivity index (χ4v) is 4.98. The lowest BCUT2D eigenvalue weighted by Gasteiger charge is -2.26. The Bertz CT molecular complexity index is 496. The molecule has 3 heteroatoms. The van der Waals surface area contributed by atoms with Crippen LogP contribution in [0.4, 0.5) is 0 Å². The van der Waals surface area contributed by atoms with Crippen LogP contribution in [-0.4, -0.2) is 25.7 Å². The van der Waals surface area contributed by atoms with Crippen molar-refractivity contribution in [2.45, 2.75) is 25.6 Å². The van der Waals surface area contributed by atoms with Crippen molar-refractivity contribution in [1.29, 1.82) is 0 Å². The minimum Gasteiger partial charge on any atom is -0.352 e. The van der Waals surface area contributed by atoms with Crippen LogP contribution < -0.4 is 10.6 Å². The fraction of sp³-hybridized carbons (Fsp3) is 0.368. The predicted molar refractivity (Wildman–Crippen MR) is 93.5 cm³/mol. The Balaban J connectivity index is 1.79. The highest BCUT2D eigenvalue weighted by Crippen LogP contribution is 2.35. The molecule has 2 aromatic carbocycles. The first-order valence-electron chi connectivity index (χ1n) is 8.04. The van der Waals surface area contributed by atoms with Gasteiger partial charge in [0.2, 0.25) is 0 Å². The minimum absolute atomic E-state index is 0.0770. The first-order valence-corrected chi connectivity index (χ1v) is 9.57. The molecule has 1 fully saturated rings. The average molecular weight is 314 g/mol. The van der Waals surface area contributed by atoms with Gasteiger partial charge in [-0.3, -0.25) is 0 Å². The van der Waals surface area contributed by atoms with Gasteiger partial charge in [0.15, 0.2) is 6.29 Å². The normalized spacial score (nSPS) is 17.1. The molecule has 0 aliphatic carbocycles. The molecule has 0 radical (unpaired) electrons. The van der Waals surface area contributed by atoms with Crippen LogP contribution in [0.2, 0.25) is 0 Å². The molecule has 1 aliphatic heterocycles. The summed E-state index contributed by atoms with van der Waals surface area (Å²) in [5.74, 6) is 0. The van der Waals surface area contributed by atoms with E-state index in [2.05, 4.69) is 60.7 Å². The second-order valence-electron chi connectivity index (χ2n) is 5.51. The van der Waals surface area contributed by atoms with Gasteiger partial charge in [0.1, 0.15) is 0 Å². The molecule has 0 atom stereocenters. The van der Waals surface area contributed by atoms with Gasteiger partial charge in [-0.15, -0.1) is 0 Å². The standard InChI is InChI=1S/C19H23O2P/c1-4-10-17(11-5-1)22(18-12-6-2-7-13-18)16-19-20-14-8-3-9-15-21-19/h1-2,4-7,10-13,19H,3,8-9,14-16H2. The van der Waals surface area contributed by atoms with Crippen LogP contribution in [0.3, 0.4) is 0 Å². The fourth-order valence-electron chi connectivity index (χ4n) is 2.69. The summed E-state index contributed by atoms with van der Waals surface area (Å²) in [6, 6.07) is 21.5. The third kappa shape index (κ3) is 4.39. The molecule has 3 rings (SSSR count). The molecule has 0 saturated carbocycles. The molecule has 0 aromatic heterocycles. The van der Waals surface area contributed by atoms with Crippen molar-refractivity contribution in [3.63, 3.8) is 0 Å². The zero-order valence-electron chi connectivity index (χ0n) is 12.9. The molecule has 0 spiro atoms. The van der Waals surface area contributed by atoms with Crippen LogP contribution in [0.15, 0.2) is 60.7 Å². The van der Waals surface area contributed by atoms with Crippen molar-refractivity contribution >= 4 is 18.5 Å². The van der Waals surface area contributed by atoms with E-state index in [1.807, 2.05) is 0 Å². The maximum atomic E-state index is 5.95. The average Bonchev–Trinajstić information content (AvgIpc) is 2.56. The molecular formula is C19H23O2P. The zero-order chi connectivity index (χ0) is 15.0. The quantitative estimate of drug-likeness (QED) is 0.802. The van der Waals surface area contributed by atoms with Gasteiger partial charge in [0, 0.05) is 19.4 Å². The van der Waals surface area contributed by atoms with Crippen molar-refractivity contribution in [2.75, 3.05) is 19.4 Å². The lowest BCUT2D eigenvalue weighted by molar-refractivity contribution is -0.137. The van der Waals surface area contributed by atoms with Gasteiger partial charge >= 0.3 is 0 Å². The van der Waals surface area contributed by atoms with Gasteiger partial charge < -0.3 is 9.47 Å². The van der Waals surface area contributed by atoms with Gasteiger partial charge in [0.25, 0.3) is 0 Å². The molecule has 0 bridgehead atoms. The topological polar surface area (TPSA) is 18.5 Å². The van der Waals surface area contributed by atoms with E-state index in [1.54, 1.807) is 0 Å². The highest BCUT2D eigenvalue weighted by atomic mass is 31.1. The first kappa shape index (κ1) is 15.7. The number of hydrogen-bond acceptors (Lipinski definition) is 2. The number of benzene rings is 2. The van der Waals surface area contributed by atoms with Gasteiger partial charge in [-0.05, 0) is 37.8 Å². The van der Waals surface area contributed by atoms with Crippen molar-refractivity contribution in [3.8, 4) is 0 Å². The molecular weight excluding hydrogens is 291 g/mol. The van der Waals surface area contributed by atoms with Crippen molar-refractivity contribution < 1.29 is 9.47 Å². The van der Waals surface area contributed by atoms with E-state index in [9.17, 15) is 0 Å². The highest BCUT2D eigenvalue weighted by Gasteiger charge is 2.21. The molecule has 2 aromatic rings. The van der Waals surface area contributed by atoms with E-state index < -0.39 is 7.92 Å². The number of ether oxygens (including phenoxy) is 2. The SMILES string of the molecule is c1ccc(P(CC2OCCCCCO2)c2ccccc2)cc1. The van der Waals surface area contributed by atoms with Crippen LogP contribution >= 0.6 is 7.92 Å². The summed E-state index contributed by atoms with van der Waals surface area (Å²) in [4.78, 5) is 0. The maximum Gasteiger partial charge on any atom is 0.162 e. The summed E-state index contributed by atoms with van der Waals surface area (Å²) in [7, 11) is -0.444. The van der Waals surface area contributed by atoms with Crippen LogP contribution in [0.1, 0.15) is 19.3 Å². The Kier molecular flexibility index (Phi) is 6.01. The van der Waals surface area contributed by atoms with Crippen molar-refractivity contribution in [3.05, 3.63) is 60.7 Å². The summed E-state index contributed by atoms with van der Waals surface area (Å²) in [5, 5.41) is 2.77. The van der Waals surface area contributed by atoms with E-state index in [4.69, 9.17) is 9.47 Å². The lowest BCUT2D eigenvalue weighted by Crippen LogP contribution is -2.28. The third-order valence-electron chi connectivity index (χ3n) is 3.86. The zero-order valence-corrected chi connectivity index (χ0v) is 13.8. The van der Waals surface area contributed by atoms with Crippen molar-refractivity contribution in [1.82, 2.24) is 0 Å². The van der Waals surface area contributed by atoms with Crippen LogP contribution in [0.5, 0.6) is 0 Å². The molecule has 22 heavy (non-hydrogen) atoms. The van der Waals surface area contributed by atoms with E-state index in [0.29, 0.717) is 0 Å². The predicted octanol–water partition coefficient (Wildman–Crippen LogP) is 3.66. The lowest BCUT2D eigenvalue weighted by atomic mass is 10.2. The molecule has 0 amide bonds. The monoisotopic (exact) mass is 314 g/mol. The van der Waals surface area contributed by atoms with Gasteiger partial charge in [-0.1, -0.05) is 60.7 Å². The van der Waals surface area contributed by atoms with Crippen LogP contribution in [-0.2, 0) is 9.47 Å². The molecule has 1 saturated heterocycles. The van der Waals surface area contributed by atoms with Gasteiger partial charge in [-0.25, -0.2) is 0 Å². The molecule has 1 heterocycles. The van der Waals surface area contributed by atoms with Crippen LogP contribution in [0.25, 0.3) is 0 Å². The highest BCUT2D eigenvalue weighted by molar-refractivity contribution is 7.73.